The largest absolute Gasteiger partial charge is 0.496 e. The topological polar surface area (TPSA) is 90.4 Å². The highest BCUT2D eigenvalue weighted by molar-refractivity contribution is 7.93. The van der Waals surface area contributed by atoms with E-state index in [0.29, 0.717) is 36.8 Å². The van der Waals surface area contributed by atoms with Gasteiger partial charge in [-0.25, -0.2) is 8.42 Å². The Bertz CT molecular complexity index is 770. The molecule has 1 aliphatic rings. The number of para-hydroxylation sites is 1. The molecule has 9 heteroatoms. The van der Waals surface area contributed by atoms with Crippen LogP contribution >= 0.6 is 11.3 Å². The number of nitrogens with zero attached hydrogens (tertiary/aromatic N) is 2. The maximum absolute atomic E-state index is 12.4. The van der Waals surface area contributed by atoms with E-state index in [2.05, 4.69) is 14.9 Å². The van der Waals surface area contributed by atoms with Gasteiger partial charge in [-0.05, 0) is 25.0 Å². The minimum Gasteiger partial charge on any atom is -0.496 e. The van der Waals surface area contributed by atoms with E-state index >= 15 is 0 Å². The second-order valence-electron chi connectivity index (χ2n) is 5.07. The Balaban J connectivity index is 1.79. The van der Waals surface area contributed by atoms with E-state index in [9.17, 15) is 8.42 Å². The summed E-state index contributed by atoms with van der Waals surface area (Å²) in [6.07, 6.45) is 0.987. The maximum atomic E-state index is 12.4. The smallest absolute Gasteiger partial charge is 0.237 e. The summed E-state index contributed by atoms with van der Waals surface area (Å²) < 4.78 is 37.8. The zero-order valence-corrected chi connectivity index (χ0v) is 14.2. The van der Waals surface area contributed by atoms with Crippen molar-refractivity contribution in [2.45, 2.75) is 18.1 Å². The lowest BCUT2D eigenvalue weighted by Gasteiger charge is -2.21. The van der Waals surface area contributed by atoms with Crippen LogP contribution in [-0.2, 0) is 14.8 Å². The quantitative estimate of drug-likeness (QED) is 0.884. The summed E-state index contributed by atoms with van der Waals surface area (Å²) in [5.41, 5.74) is 0.781. The molecule has 1 saturated heterocycles. The Morgan fingerprint density at radius 3 is 2.74 bits per heavy atom. The van der Waals surface area contributed by atoms with Crippen molar-refractivity contribution in [1.29, 1.82) is 0 Å². The van der Waals surface area contributed by atoms with Crippen molar-refractivity contribution in [2.75, 3.05) is 25.0 Å². The third-order valence-electron chi connectivity index (χ3n) is 3.60. The molecule has 0 radical (unpaired) electrons. The van der Waals surface area contributed by atoms with Gasteiger partial charge in [-0.1, -0.05) is 23.5 Å². The molecule has 0 atom stereocenters. The second-order valence-corrected chi connectivity index (χ2v) is 8.01. The summed E-state index contributed by atoms with van der Waals surface area (Å²) in [4.78, 5) is 0. The molecule has 3 rings (SSSR count). The van der Waals surface area contributed by atoms with Crippen molar-refractivity contribution in [3.63, 3.8) is 0 Å². The third-order valence-corrected chi connectivity index (χ3v) is 6.43. The predicted octanol–water partition coefficient (Wildman–Crippen LogP) is 2.13. The molecule has 0 saturated carbocycles. The van der Waals surface area contributed by atoms with E-state index in [1.807, 2.05) is 24.3 Å². The van der Waals surface area contributed by atoms with Gasteiger partial charge in [-0.3, -0.25) is 4.72 Å². The van der Waals surface area contributed by atoms with E-state index in [1.54, 1.807) is 7.11 Å². The number of anilines is 1. The van der Waals surface area contributed by atoms with Crippen LogP contribution in [0.1, 0.15) is 12.8 Å². The minimum absolute atomic E-state index is 0.261. The van der Waals surface area contributed by atoms with Crippen LogP contribution in [-0.4, -0.2) is 44.2 Å². The third kappa shape index (κ3) is 3.62. The Kier molecular flexibility index (Phi) is 4.79. The maximum Gasteiger partial charge on any atom is 0.237 e. The number of rotatable bonds is 5. The SMILES string of the molecule is COc1ccccc1-c1nnc(NS(=O)(=O)C2CCOCC2)s1. The Morgan fingerprint density at radius 1 is 1.26 bits per heavy atom. The van der Waals surface area contributed by atoms with Crippen LogP contribution in [0, 0.1) is 0 Å². The average molecular weight is 355 g/mol. The van der Waals surface area contributed by atoms with Crippen LogP contribution in [0.3, 0.4) is 0 Å². The molecule has 1 aromatic heterocycles. The number of ether oxygens (including phenoxy) is 2. The number of hydrogen-bond donors (Lipinski definition) is 1. The van der Waals surface area contributed by atoms with Crippen molar-refractivity contribution in [3.05, 3.63) is 24.3 Å². The second kappa shape index (κ2) is 6.81. The highest BCUT2D eigenvalue weighted by Gasteiger charge is 2.28. The summed E-state index contributed by atoms with van der Waals surface area (Å²) in [5, 5.41) is 8.42. The molecular formula is C14H17N3O4S2. The van der Waals surface area contributed by atoms with Crippen LogP contribution < -0.4 is 9.46 Å². The number of aromatic nitrogens is 2. The fourth-order valence-electron chi connectivity index (χ4n) is 2.39. The molecule has 0 aliphatic carbocycles. The fourth-order valence-corrected chi connectivity index (χ4v) is 4.79. The van der Waals surface area contributed by atoms with Gasteiger partial charge < -0.3 is 9.47 Å². The van der Waals surface area contributed by atoms with Gasteiger partial charge in [0, 0.05) is 13.2 Å². The monoisotopic (exact) mass is 355 g/mol. The Labute approximate surface area is 138 Å². The Hall–Kier alpha value is -1.71. The standard InChI is InChI=1S/C14H17N3O4S2/c1-20-12-5-3-2-4-11(12)13-15-16-14(22-13)17-23(18,19)10-6-8-21-9-7-10/h2-5,10H,6-9H2,1H3,(H,16,17). The van der Waals surface area contributed by atoms with Crippen LogP contribution in [0.5, 0.6) is 5.75 Å². The molecular weight excluding hydrogens is 338 g/mol. The molecule has 0 unspecified atom stereocenters. The van der Waals surface area contributed by atoms with E-state index in [4.69, 9.17) is 9.47 Å². The van der Waals surface area contributed by atoms with Crippen LogP contribution in [0.25, 0.3) is 10.6 Å². The molecule has 124 valence electrons. The van der Waals surface area contributed by atoms with Gasteiger partial charge in [0.05, 0.1) is 17.9 Å². The molecule has 7 nitrogen and oxygen atoms in total. The van der Waals surface area contributed by atoms with Crippen LogP contribution in [0.15, 0.2) is 24.3 Å². The van der Waals surface area contributed by atoms with Gasteiger partial charge in [0.2, 0.25) is 15.2 Å². The van der Waals surface area contributed by atoms with Crippen LogP contribution in [0.4, 0.5) is 5.13 Å². The first-order chi connectivity index (χ1) is 11.1. The first-order valence-corrected chi connectivity index (χ1v) is 9.53. The van der Waals surface area contributed by atoms with Gasteiger partial charge >= 0.3 is 0 Å². The summed E-state index contributed by atoms with van der Waals surface area (Å²) in [7, 11) is -1.90. The lowest BCUT2D eigenvalue weighted by Crippen LogP contribution is -2.33. The lowest BCUT2D eigenvalue weighted by atomic mass is 10.2. The molecule has 1 fully saturated rings. The Morgan fingerprint density at radius 2 is 2.00 bits per heavy atom. The van der Waals surface area contributed by atoms with Gasteiger partial charge in [0.1, 0.15) is 5.75 Å². The minimum atomic E-state index is -3.47. The number of sulfonamides is 1. The van der Waals surface area contributed by atoms with Crippen LogP contribution in [0.2, 0.25) is 0 Å². The van der Waals surface area contributed by atoms with Crippen molar-refractivity contribution in [1.82, 2.24) is 10.2 Å². The van der Waals surface area contributed by atoms with Crippen molar-refractivity contribution < 1.29 is 17.9 Å². The molecule has 1 aromatic carbocycles. The number of methoxy groups -OCH3 is 1. The average Bonchev–Trinajstić information content (AvgIpc) is 3.03. The normalized spacial score (nSPS) is 16.2. The zero-order chi connectivity index (χ0) is 16.3. The highest BCUT2D eigenvalue weighted by atomic mass is 32.2. The molecule has 2 aromatic rings. The van der Waals surface area contributed by atoms with Crippen molar-refractivity contribution in [2.24, 2.45) is 0 Å². The van der Waals surface area contributed by atoms with Crippen molar-refractivity contribution in [3.8, 4) is 16.3 Å². The summed E-state index contributed by atoms with van der Waals surface area (Å²) in [6.45, 7) is 0.933. The van der Waals surface area contributed by atoms with E-state index in [0.717, 1.165) is 5.56 Å². The molecule has 1 N–H and O–H groups in total. The van der Waals surface area contributed by atoms with Gasteiger partial charge in [0.25, 0.3) is 0 Å². The zero-order valence-electron chi connectivity index (χ0n) is 12.6. The molecule has 2 heterocycles. The first kappa shape index (κ1) is 16.2. The molecule has 23 heavy (non-hydrogen) atoms. The number of nitrogens with one attached hydrogen (secondary N) is 1. The van der Waals surface area contributed by atoms with Gasteiger partial charge in [-0.2, -0.15) is 0 Å². The highest BCUT2D eigenvalue weighted by Crippen LogP contribution is 2.33. The molecule has 0 spiro atoms. The van der Waals surface area contributed by atoms with Gasteiger partial charge in [0.15, 0.2) is 5.01 Å². The predicted molar refractivity (Wildman–Crippen MR) is 88.3 cm³/mol. The molecule has 0 amide bonds. The number of benzene rings is 1. The number of hydrogen-bond acceptors (Lipinski definition) is 7. The van der Waals surface area contributed by atoms with E-state index in [-0.39, 0.29) is 5.13 Å². The van der Waals surface area contributed by atoms with Gasteiger partial charge in [-0.15, -0.1) is 10.2 Å². The van der Waals surface area contributed by atoms with E-state index in [1.165, 1.54) is 11.3 Å². The first-order valence-electron chi connectivity index (χ1n) is 7.16. The fraction of sp³-hybridized carbons (Fsp3) is 0.429. The molecule has 1 aliphatic heterocycles. The summed E-state index contributed by atoms with van der Waals surface area (Å²) in [5.74, 6) is 0.669. The summed E-state index contributed by atoms with van der Waals surface area (Å²) in [6, 6.07) is 7.40. The van der Waals surface area contributed by atoms with E-state index < -0.39 is 15.3 Å². The molecule has 0 bridgehead atoms. The van der Waals surface area contributed by atoms with Crippen molar-refractivity contribution >= 4 is 26.5 Å². The lowest BCUT2D eigenvalue weighted by molar-refractivity contribution is 0.0984. The summed E-state index contributed by atoms with van der Waals surface area (Å²) >= 11 is 1.18.